The molecule has 20 heavy (non-hydrogen) atoms. The Labute approximate surface area is 124 Å². The van der Waals surface area contributed by atoms with Crippen molar-refractivity contribution >= 4 is 27.9 Å². The van der Waals surface area contributed by atoms with Gasteiger partial charge in [-0.05, 0) is 42.0 Å². The van der Waals surface area contributed by atoms with Crippen LogP contribution in [-0.2, 0) is 16.4 Å². The number of nitrogen functional groups attached to an aromatic ring is 1. The van der Waals surface area contributed by atoms with Crippen LogP contribution in [0.4, 0.5) is 5.69 Å². The van der Waals surface area contributed by atoms with Gasteiger partial charge < -0.3 is 16.9 Å². The summed E-state index contributed by atoms with van der Waals surface area (Å²) < 4.78 is 24.5. The van der Waals surface area contributed by atoms with Gasteiger partial charge in [-0.1, -0.05) is 12.1 Å². The molecule has 0 aliphatic rings. The highest BCUT2D eigenvalue weighted by atomic mass is 35.5. The first kappa shape index (κ1) is 18.4. The lowest BCUT2D eigenvalue weighted by molar-refractivity contribution is 0.596. The van der Waals surface area contributed by atoms with E-state index in [0.717, 1.165) is 5.56 Å². The fourth-order valence-corrected chi connectivity index (χ4v) is 2.85. The maximum Gasteiger partial charge on any atom is 0.206 e. The second kappa shape index (κ2) is 7.25. The summed E-state index contributed by atoms with van der Waals surface area (Å²) in [6.07, 6.45) is 0. The molecule has 0 heterocycles. The van der Waals surface area contributed by atoms with Crippen LogP contribution in [0.5, 0.6) is 0 Å². The van der Waals surface area contributed by atoms with Crippen molar-refractivity contribution < 1.29 is 13.9 Å². The Balaban J connectivity index is 0.00000180. The molecule has 0 amide bonds. The van der Waals surface area contributed by atoms with Gasteiger partial charge >= 0.3 is 0 Å². The van der Waals surface area contributed by atoms with Crippen molar-refractivity contribution in [3.05, 3.63) is 54.1 Å². The van der Waals surface area contributed by atoms with Crippen molar-refractivity contribution in [3.63, 3.8) is 0 Å². The lowest BCUT2D eigenvalue weighted by Gasteiger charge is -2.05. The highest BCUT2D eigenvalue weighted by Crippen LogP contribution is 2.21. The normalized spacial score (nSPS) is 10.2. The molecule has 0 spiro atoms. The van der Waals surface area contributed by atoms with Crippen LogP contribution in [0.3, 0.4) is 0 Å². The molecule has 0 saturated carbocycles. The molecule has 0 aliphatic carbocycles. The fourth-order valence-electron chi connectivity index (χ4n) is 1.59. The van der Waals surface area contributed by atoms with Crippen molar-refractivity contribution in [2.45, 2.75) is 16.3 Å². The molecule has 110 valence electrons. The molecule has 2 aromatic carbocycles. The molecule has 7 heteroatoms. The molecule has 0 fully saturated rings. The molecule has 0 saturated heterocycles. The maximum absolute atomic E-state index is 12.3. The van der Waals surface area contributed by atoms with Crippen LogP contribution >= 0.6 is 12.4 Å². The van der Waals surface area contributed by atoms with Crippen LogP contribution in [0.15, 0.2) is 58.3 Å². The van der Waals surface area contributed by atoms with Gasteiger partial charge in [-0.25, -0.2) is 8.42 Å². The summed E-state index contributed by atoms with van der Waals surface area (Å²) >= 11 is 0. The van der Waals surface area contributed by atoms with Crippen LogP contribution in [-0.4, -0.2) is 13.9 Å². The molecule has 0 unspecified atom stereocenters. The van der Waals surface area contributed by atoms with Gasteiger partial charge in [0.25, 0.3) is 0 Å². The van der Waals surface area contributed by atoms with Gasteiger partial charge in [0.15, 0.2) is 0 Å². The van der Waals surface area contributed by atoms with E-state index in [0.29, 0.717) is 12.2 Å². The average molecular weight is 317 g/mol. The Kier molecular flexibility index (Phi) is 6.67. The summed E-state index contributed by atoms with van der Waals surface area (Å²) in [6.45, 7) is 0.391. The second-order valence-corrected chi connectivity index (χ2v) is 5.87. The first-order valence-corrected chi connectivity index (χ1v) is 6.92. The Morgan fingerprint density at radius 1 is 0.850 bits per heavy atom. The quantitative estimate of drug-likeness (QED) is 0.826. The zero-order valence-electron chi connectivity index (χ0n) is 10.6. The molecule has 0 aromatic heterocycles. The second-order valence-electron chi connectivity index (χ2n) is 3.92. The Hall–Kier alpha value is -1.60. The molecular weight excluding hydrogens is 300 g/mol. The zero-order chi connectivity index (χ0) is 13.2. The first-order valence-electron chi connectivity index (χ1n) is 5.43. The molecule has 2 aromatic rings. The Bertz CT molecular complexity index is 640. The van der Waals surface area contributed by atoms with E-state index in [1.54, 1.807) is 36.4 Å². The number of rotatable bonds is 3. The van der Waals surface area contributed by atoms with E-state index in [1.165, 1.54) is 12.1 Å². The lowest BCUT2D eigenvalue weighted by atomic mass is 10.2. The monoisotopic (exact) mass is 316 g/mol. The molecule has 5 nitrogen and oxygen atoms in total. The summed E-state index contributed by atoms with van der Waals surface area (Å²) in [6, 6.07) is 12.7. The van der Waals surface area contributed by atoms with Crippen molar-refractivity contribution in [3.8, 4) is 0 Å². The third-order valence-corrected chi connectivity index (χ3v) is 4.45. The third-order valence-electron chi connectivity index (χ3n) is 2.66. The van der Waals surface area contributed by atoms with Crippen molar-refractivity contribution in [1.82, 2.24) is 0 Å². The first-order chi connectivity index (χ1) is 8.54. The molecule has 0 bridgehead atoms. The summed E-state index contributed by atoms with van der Waals surface area (Å²) in [5, 5.41) is 0. The summed E-state index contributed by atoms with van der Waals surface area (Å²) in [7, 11) is -3.48. The van der Waals surface area contributed by atoms with E-state index in [4.69, 9.17) is 11.5 Å². The fraction of sp³-hybridized carbons (Fsp3) is 0.0769. The number of sulfone groups is 1. The molecule has 2 rings (SSSR count). The van der Waals surface area contributed by atoms with Crippen LogP contribution in [0, 0.1) is 0 Å². The Morgan fingerprint density at radius 2 is 1.25 bits per heavy atom. The number of hydrogen-bond acceptors (Lipinski definition) is 4. The minimum atomic E-state index is -3.48. The molecular formula is C13H17ClN2O3S. The third kappa shape index (κ3) is 3.71. The highest BCUT2D eigenvalue weighted by Gasteiger charge is 2.16. The predicted octanol–water partition coefficient (Wildman–Crippen LogP) is 1.16. The highest BCUT2D eigenvalue weighted by molar-refractivity contribution is 7.91. The van der Waals surface area contributed by atoms with E-state index in [9.17, 15) is 8.42 Å². The number of hydrogen-bond donors (Lipinski definition) is 2. The van der Waals surface area contributed by atoms with Gasteiger partial charge in [0, 0.05) is 12.2 Å². The molecule has 0 radical (unpaired) electrons. The standard InChI is InChI=1S/C13H14N2O2S.ClH.H2O/c14-9-10-1-5-12(6-2-10)18(16,17)13-7-3-11(15)4-8-13;;/h1-8H,9,14-15H2;1H;1H2. The predicted molar refractivity (Wildman–Crippen MR) is 81.5 cm³/mol. The van der Waals surface area contributed by atoms with Crippen LogP contribution in [0.1, 0.15) is 5.56 Å². The largest absolute Gasteiger partial charge is 0.412 e. The van der Waals surface area contributed by atoms with Gasteiger partial charge in [-0.2, -0.15) is 0 Å². The van der Waals surface area contributed by atoms with Crippen LogP contribution in [0.2, 0.25) is 0 Å². The zero-order valence-corrected chi connectivity index (χ0v) is 12.2. The van der Waals surface area contributed by atoms with Crippen molar-refractivity contribution in [2.75, 3.05) is 5.73 Å². The van der Waals surface area contributed by atoms with Crippen molar-refractivity contribution in [2.24, 2.45) is 5.73 Å². The van der Waals surface area contributed by atoms with E-state index >= 15 is 0 Å². The summed E-state index contributed by atoms with van der Waals surface area (Å²) in [5.41, 5.74) is 12.4. The summed E-state index contributed by atoms with van der Waals surface area (Å²) in [5.74, 6) is 0. The minimum absolute atomic E-state index is 0. The van der Waals surface area contributed by atoms with E-state index < -0.39 is 9.84 Å². The van der Waals surface area contributed by atoms with E-state index in [-0.39, 0.29) is 27.7 Å². The minimum Gasteiger partial charge on any atom is -0.412 e. The van der Waals surface area contributed by atoms with Gasteiger partial charge in [0.1, 0.15) is 0 Å². The summed E-state index contributed by atoms with van der Waals surface area (Å²) in [4.78, 5) is 0.488. The van der Waals surface area contributed by atoms with Gasteiger partial charge in [-0.15, -0.1) is 12.4 Å². The smallest absolute Gasteiger partial charge is 0.206 e. The topological polar surface area (TPSA) is 118 Å². The average Bonchev–Trinajstić information content (AvgIpc) is 2.39. The van der Waals surface area contributed by atoms with Crippen LogP contribution in [0.25, 0.3) is 0 Å². The lowest BCUT2D eigenvalue weighted by Crippen LogP contribution is -2.03. The van der Waals surface area contributed by atoms with E-state index in [1.807, 2.05) is 0 Å². The maximum atomic E-state index is 12.3. The number of anilines is 1. The SMILES string of the molecule is Cl.NCc1ccc(S(=O)(=O)c2ccc(N)cc2)cc1.O. The number of nitrogens with two attached hydrogens (primary N) is 2. The molecule has 6 N–H and O–H groups in total. The van der Waals surface area contributed by atoms with E-state index in [2.05, 4.69) is 0 Å². The van der Waals surface area contributed by atoms with Gasteiger partial charge in [0.2, 0.25) is 9.84 Å². The number of halogens is 1. The molecule has 0 atom stereocenters. The van der Waals surface area contributed by atoms with Crippen molar-refractivity contribution in [1.29, 1.82) is 0 Å². The van der Waals surface area contributed by atoms with Crippen LogP contribution < -0.4 is 11.5 Å². The van der Waals surface area contributed by atoms with Gasteiger partial charge in [0.05, 0.1) is 9.79 Å². The Morgan fingerprint density at radius 3 is 1.65 bits per heavy atom. The number of benzene rings is 2. The molecule has 0 aliphatic heterocycles. The van der Waals surface area contributed by atoms with Gasteiger partial charge in [-0.3, -0.25) is 0 Å².